The highest BCUT2D eigenvalue weighted by molar-refractivity contribution is 5.87. The van der Waals surface area contributed by atoms with E-state index < -0.39 is 0 Å². The summed E-state index contributed by atoms with van der Waals surface area (Å²) in [6.07, 6.45) is 3.04. The molecular weight excluding hydrogens is 268 g/mol. The molecule has 5 nitrogen and oxygen atoms in total. The van der Waals surface area contributed by atoms with Gasteiger partial charge < -0.3 is 19.8 Å². The Morgan fingerprint density at radius 1 is 1.43 bits per heavy atom. The van der Waals surface area contributed by atoms with Gasteiger partial charge in [-0.2, -0.15) is 0 Å². The van der Waals surface area contributed by atoms with Crippen molar-refractivity contribution in [2.75, 3.05) is 20.8 Å². The summed E-state index contributed by atoms with van der Waals surface area (Å²) in [5, 5.41) is 4.23. The van der Waals surface area contributed by atoms with Crippen LogP contribution >= 0.6 is 0 Å². The Kier molecular flexibility index (Phi) is 3.84. The van der Waals surface area contributed by atoms with Crippen LogP contribution in [-0.4, -0.2) is 31.7 Å². The van der Waals surface area contributed by atoms with Gasteiger partial charge in [0.25, 0.3) is 0 Å². The molecule has 0 radical (unpaired) electrons. The van der Waals surface area contributed by atoms with Gasteiger partial charge in [0.15, 0.2) is 0 Å². The van der Waals surface area contributed by atoms with E-state index in [1.165, 1.54) is 18.1 Å². The fraction of sp³-hybridized carbons (Fsp3) is 0.438. The number of rotatable bonds is 4. The van der Waals surface area contributed by atoms with E-state index in [-0.39, 0.29) is 18.6 Å². The second-order valence-corrected chi connectivity index (χ2v) is 5.37. The molecule has 1 atom stereocenters. The van der Waals surface area contributed by atoms with Crippen LogP contribution in [0.3, 0.4) is 0 Å². The number of H-pyrrole nitrogens is 1. The Morgan fingerprint density at radius 3 is 3.05 bits per heavy atom. The number of aryl methyl sites for hydroxylation is 1. The highest BCUT2D eigenvalue weighted by atomic mass is 16.5. The van der Waals surface area contributed by atoms with E-state index in [4.69, 9.17) is 9.47 Å². The predicted molar refractivity (Wildman–Crippen MR) is 80.5 cm³/mol. The molecule has 0 saturated carbocycles. The Balaban J connectivity index is 1.96. The van der Waals surface area contributed by atoms with E-state index in [2.05, 4.69) is 16.4 Å². The van der Waals surface area contributed by atoms with Gasteiger partial charge in [0.2, 0.25) is 5.91 Å². The van der Waals surface area contributed by atoms with E-state index in [1.807, 2.05) is 12.1 Å². The molecule has 0 fully saturated rings. The van der Waals surface area contributed by atoms with Crippen molar-refractivity contribution in [1.82, 2.24) is 10.3 Å². The van der Waals surface area contributed by atoms with Crippen LogP contribution < -0.4 is 10.1 Å². The Bertz CT molecular complexity index is 663. The number of carbonyl (C=O) groups is 1. The first-order chi connectivity index (χ1) is 10.2. The third-order valence-corrected chi connectivity index (χ3v) is 4.03. The SMILES string of the molecule is COCC(=O)N[C@@H]1CCCc2c1[nH]c1ccc(OC)cc21. The molecule has 1 aliphatic carbocycles. The van der Waals surface area contributed by atoms with Crippen LogP contribution in [0.4, 0.5) is 0 Å². The molecule has 0 saturated heterocycles. The van der Waals surface area contributed by atoms with Crippen LogP contribution in [0.1, 0.15) is 30.1 Å². The van der Waals surface area contributed by atoms with Crippen molar-refractivity contribution < 1.29 is 14.3 Å². The molecule has 0 aliphatic heterocycles. The summed E-state index contributed by atoms with van der Waals surface area (Å²) in [4.78, 5) is 15.2. The number of aromatic nitrogens is 1. The van der Waals surface area contributed by atoms with Crippen molar-refractivity contribution in [3.8, 4) is 5.75 Å². The number of ether oxygens (including phenoxy) is 2. The molecule has 21 heavy (non-hydrogen) atoms. The van der Waals surface area contributed by atoms with Crippen molar-refractivity contribution in [2.24, 2.45) is 0 Å². The average Bonchev–Trinajstić information content (AvgIpc) is 2.86. The van der Waals surface area contributed by atoms with Gasteiger partial charge in [-0.3, -0.25) is 4.79 Å². The maximum absolute atomic E-state index is 11.8. The van der Waals surface area contributed by atoms with Gasteiger partial charge in [-0.15, -0.1) is 0 Å². The maximum Gasteiger partial charge on any atom is 0.246 e. The summed E-state index contributed by atoms with van der Waals surface area (Å²) in [6, 6.07) is 6.07. The van der Waals surface area contributed by atoms with Crippen molar-refractivity contribution >= 4 is 16.8 Å². The lowest BCUT2D eigenvalue weighted by molar-refractivity contribution is -0.125. The highest BCUT2D eigenvalue weighted by Crippen LogP contribution is 2.36. The Hall–Kier alpha value is -2.01. The minimum atomic E-state index is -0.0772. The molecule has 1 aromatic heterocycles. The molecular formula is C16H20N2O3. The third-order valence-electron chi connectivity index (χ3n) is 4.03. The largest absolute Gasteiger partial charge is 0.497 e. The lowest BCUT2D eigenvalue weighted by atomic mass is 9.91. The number of hydrogen-bond acceptors (Lipinski definition) is 3. The number of benzene rings is 1. The Labute approximate surface area is 123 Å². The summed E-state index contributed by atoms with van der Waals surface area (Å²) in [7, 11) is 3.20. The molecule has 1 amide bonds. The molecule has 1 aliphatic rings. The number of aromatic amines is 1. The zero-order chi connectivity index (χ0) is 14.8. The molecule has 0 unspecified atom stereocenters. The summed E-state index contributed by atoms with van der Waals surface area (Å²) < 4.78 is 10.2. The third kappa shape index (κ3) is 2.61. The van der Waals surface area contributed by atoms with Crippen LogP contribution in [0.2, 0.25) is 0 Å². The molecule has 5 heteroatoms. The van der Waals surface area contributed by atoms with Crippen molar-refractivity contribution in [3.63, 3.8) is 0 Å². The highest BCUT2D eigenvalue weighted by Gasteiger charge is 2.25. The Morgan fingerprint density at radius 2 is 2.29 bits per heavy atom. The molecule has 112 valence electrons. The van der Waals surface area contributed by atoms with E-state index in [0.717, 1.165) is 36.2 Å². The van der Waals surface area contributed by atoms with Crippen LogP contribution in [0, 0.1) is 0 Å². The molecule has 0 bridgehead atoms. The quantitative estimate of drug-likeness (QED) is 0.907. The molecule has 1 heterocycles. The van der Waals surface area contributed by atoms with Gasteiger partial charge in [-0.25, -0.2) is 0 Å². The first kappa shape index (κ1) is 13.9. The summed E-state index contributed by atoms with van der Waals surface area (Å²) in [6.45, 7) is 0.0971. The van der Waals surface area contributed by atoms with Crippen LogP contribution in [0.25, 0.3) is 10.9 Å². The minimum Gasteiger partial charge on any atom is -0.497 e. The lowest BCUT2D eigenvalue weighted by Crippen LogP contribution is -2.33. The number of hydrogen-bond donors (Lipinski definition) is 2. The van der Waals surface area contributed by atoms with Crippen LogP contribution in [-0.2, 0) is 16.0 Å². The molecule has 0 spiro atoms. The molecule has 1 aromatic carbocycles. The lowest BCUT2D eigenvalue weighted by Gasteiger charge is -2.23. The fourth-order valence-corrected chi connectivity index (χ4v) is 3.08. The van der Waals surface area contributed by atoms with Crippen molar-refractivity contribution in [3.05, 3.63) is 29.5 Å². The first-order valence-corrected chi connectivity index (χ1v) is 7.19. The monoisotopic (exact) mass is 288 g/mol. The number of carbonyl (C=O) groups excluding carboxylic acids is 1. The standard InChI is InChI=1S/C16H20N2O3/c1-20-9-15(19)17-14-5-3-4-11-12-8-10(21-2)6-7-13(12)18-16(11)14/h6-8,14,18H,3-5,9H2,1-2H3,(H,17,19)/t14-/m1/s1. The second-order valence-electron chi connectivity index (χ2n) is 5.37. The van der Waals surface area contributed by atoms with E-state index in [9.17, 15) is 4.79 Å². The van der Waals surface area contributed by atoms with Gasteiger partial charge in [0.1, 0.15) is 12.4 Å². The normalized spacial score (nSPS) is 17.5. The summed E-state index contributed by atoms with van der Waals surface area (Å²) in [5.74, 6) is 0.779. The zero-order valence-electron chi connectivity index (χ0n) is 12.4. The molecule has 2 N–H and O–H groups in total. The van der Waals surface area contributed by atoms with E-state index >= 15 is 0 Å². The fourth-order valence-electron chi connectivity index (χ4n) is 3.08. The van der Waals surface area contributed by atoms with Crippen LogP contribution in [0.5, 0.6) is 5.75 Å². The van der Waals surface area contributed by atoms with Gasteiger partial charge >= 0.3 is 0 Å². The number of amides is 1. The minimum absolute atomic E-state index is 0.0368. The average molecular weight is 288 g/mol. The van der Waals surface area contributed by atoms with E-state index in [1.54, 1.807) is 7.11 Å². The maximum atomic E-state index is 11.8. The first-order valence-electron chi connectivity index (χ1n) is 7.19. The number of fused-ring (bicyclic) bond motifs is 3. The number of nitrogens with one attached hydrogen (secondary N) is 2. The van der Waals surface area contributed by atoms with Gasteiger partial charge in [-0.05, 0) is 43.0 Å². The summed E-state index contributed by atoms with van der Waals surface area (Å²) >= 11 is 0. The van der Waals surface area contributed by atoms with Crippen molar-refractivity contribution in [1.29, 1.82) is 0 Å². The van der Waals surface area contributed by atoms with Gasteiger partial charge in [-0.1, -0.05) is 0 Å². The van der Waals surface area contributed by atoms with Gasteiger partial charge in [0.05, 0.1) is 13.2 Å². The summed E-state index contributed by atoms with van der Waals surface area (Å²) in [5.41, 5.74) is 3.50. The van der Waals surface area contributed by atoms with Crippen LogP contribution in [0.15, 0.2) is 18.2 Å². The predicted octanol–water partition coefficient (Wildman–Crippen LogP) is 2.32. The topological polar surface area (TPSA) is 63.3 Å². The zero-order valence-corrected chi connectivity index (χ0v) is 12.4. The van der Waals surface area contributed by atoms with Crippen molar-refractivity contribution in [2.45, 2.75) is 25.3 Å². The molecule has 3 rings (SSSR count). The van der Waals surface area contributed by atoms with E-state index in [0.29, 0.717) is 0 Å². The van der Waals surface area contributed by atoms with Gasteiger partial charge in [0, 0.05) is 23.7 Å². The molecule has 2 aromatic rings. The smallest absolute Gasteiger partial charge is 0.246 e. The number of methoxy groups -OCH3 is 2. The second kappa shape index (κ2) is 5.77.